The molecule has 0 saturated carbocycles. The number of rotatable bonds is 6. The first-order valence-electron chi connectivity index (χ1n) is 6.55. The fourth-order valence-corrected chi connectivity index (χ4v) is 3.59. The standard InChI is InChI=1S/C13H23N3S/c1-11-8-12(2)16(15-11)6-3-5-14-9-13-4-7-17-10-13/h8,13-14H,3-7,9-10H2,1-2H3. The highest BCUT2D eigenvalue weighted by Crippen LogP contribution is 2.22. The van der Waals surface area contributed by atoms with Gasteiger partial charge >= 0.3 is 0 Å². The summed E-state index contributed by atoms with van der Waals surface area (Å²) in [4.78, 5) is 0. The molecule has 1 aliphatic rings. The lowest BCUT2D eigenvalue weighted by Crippen LogP contribution is -2.24. The first-order valence-corrected chi connectivity index (χ1v) is 7.70. The van der Waals surface area contributed by atoms with E-state index in [-0.39, 0.29) is 0 Å². The van der Waals surface area contributed by atoms with Crippen LogP contribution in [-0.2, 0) is 6.54 Å². The predicted molar refractivity (Wildman–Crippen MR) is 74.6 cm³/mol. The van der Waals surface area contributed by atoms with Crippen molar-refractivity contribution in [2.45, 2.75) is 33.2 Å². The van der Waals surface area contributed by atoms with Crippen LogP contribution in [0, 0.1) is 19.8 Å². The van der Waals surface area contributed by atoms with Gasteiger partial charge in [0.05, 0.1) is 5.69 Å². The lowest BCUT2D eigenvalue weighted by molar-refractivity contribution is 0.487. The zero-order valence-corrected chi connectivity index (χ0v) is 11.7. The largest absolute Gasteiger partial charge is 0.316 e. The van der Waals surface area contributed by atoms with E-state index in [0.717, 1.165) is 24.7 Å². The minimum absolute atomic E-state index is 0.911. The van der Waals surface area contributed by atoms with Crippen LogP contribution >= 0.6 is 11.8 Å². The Balaban J connectivity index is 1.58. The number of hydrogen-bond donors (Lipinski definition) is 1. The summed E-state index contributed by atoms with van der Waals surface area (Å²) in [5.74, 6) is 3.62. The van der Waals surface area contributed by atoms with E-state index < -0.39 is 0 Å². The average Bonchev–Trinajstić information content (AvgIpc) is 2.89. The van der Waals surface area contributed by atoms with E-state index in [2.05, 4.69) is 46.8 Å². The maximum atomic E-state index is 4.47. The van der Waals surface area contributed by atoms with Crippen LogP contribution in [0.3, 0.4) is 0 Å². The zero-order valence-electron chi connectivity index (χ0n) is 10.9. The second-order valence-electron chi connectivity index (χ2n) is 4.94. The highest BCUT2D eigenvalue weighted by Gasteiger charge is 2.14. The second-order valence-corrected chi connectivity index (χ2v) is 6.09. The molecule has 1 fully saturated rings. The van der Waals surface area contributed by atoms with Gasteiger partial charge in [0.2, 0.25) is 0 Å². The van der Waals surface area contributed by atoms with Crippen molar-refractivity contribution in [2.24, 2.45) is 5.92 Å². The van der Waals surface area contributed by atoms with Gasteiger partial charge in [0, 0.05) is 12.2 Å². The number of nitrogens with zero attached hydrogens (tertiary/aromatic N) is 2. The predicted octanol–water partition coefficient (Wildman–Crippen LogP) is 2.23. The SMILES string of the molecule is Cc1cc(C)n(CCCNCC2CCSC2)n1. The Hall–Kier alpha value is -0.480. The third-order valence-electron chi connectivity index (χ3n) is 3.28. The Labute approximate surface area is 108 Å². The minimum atomic E-state index is 0.911. The molecule has 1 aromatic heterocycles. The van der Waals surface area contributed by atoms with Gasteiger partial charge in [0.1, 0.15) is 0 Å². The van der Waals surface area contributed by atoms with Crippen LogP contribution in [0.5, 0.6) is 0 Å². The van der Waals surface area contributed by atoms with Crippen LogP contribution in [0.15, 0.2) is 6.07 Å². The van der Waals surface area contributed by atoms with E-state index in [9.17, 15) is 0 Å². The second kappa shape index (κ2) is 6.45. The number of aryl methyl sites for hydroxylation is 3. The Morgan fingerprint density at radius 2 is 2.41 bits per heavy atom. The van der Waals surface area contributed by atoms with Crippen LogP contribution in [-0.4, -0.2) is 34.4 Å². The lowest BCUT2D eigenvalue weighted by atomic mass is 10.1. The van der Waals surface area contributed by atoms with E-state index in [0.29, 0.717) is 0 Å². The molecule has 1 atom stereocenters. The van der Waals surface area contributed by atoms with Crippen molar-refractivity contribution in [2.75, 3.05) is 24.6 Å². The summed E-state index contributed by atoms with van der Waals surface area (Å²) in [6, 6.07) is 2.14. The summed E-state index contributed by atoms with van der Waals surface area (Å²) in [7, 11) is 0. The van der Waals surface area contributed by atoms with Gasteiger partial charge in [-0.25, -0.2) is 0 Å². The number of hydrogen-bond acceptors (Lipinski definition) is 3. The van der Waals surface area contributed by atoms with Crippen LogP contribution in [0.4, 0.5) is 0 Å². The van der Waals surface area contributed by atoms with Crippen molar-refractivity contribution < 1.29 is 0 Å². The van der Waals surface area contributed by atoms with E-state index >= 15 is 0 Å². The molecule has 2 rings (SSSR count). The summed E-state index contributed by atoms with van der Waals surface area (Å²) in [6.07, 6.45) is 2.57. The molecule has 1 saturated heterocycles. The Kier molecular flexibility index (Phi) is 4.92. The molecular formula is C13H23N3S. The molecule has 3 nitrogen and oxygen atoms in total. The summed E-state index contributed by atoms with van der Waals surface area (Å²) >= 11 is 2.09. The summed E-state index contributed by atoms with van der Waals surface area (Å²) < 4.78 is 2.11. The molecule has 0 aliphatic carbocycles. The molecule has 1 aliphatic heterocycles. The smallest absolute Gasteiger partial charge is 0.0596 e. The molecule has 0 aromatic carbocycles. The number of thioether (sulfide) groups is 1. The monoisotopic (exact) mass is 253 g/mol. The van der Waals surface area contributed by atoms with Gasteiger partial charge in [0.15, 0.2) is 0 Å². The molecule has 2 heterocycles. The van der Waals surface area contributed by atoms with Crippen LogP contribution in [0.25, 0.3) is 0 Å². The normalized spacial score (nSPS) is 20.0. The van der Waals surface area contributed by atoms with Crippen molar-refractivity contribution in [3.63, 3.8) is 0 Å². The van der Waals surface area contributed by atoms with Crippen molar-refractivity contribution in [1.29, 1.82) is 0 Å². The van der Waals surface area contributed by atoms with E-state index in [1.807, 2.05) is 0 Å². The maximum Gasteiger partial charge on any atom is 0.0596 e. The molecule has 0 amide bonds. The van der Waals surface area contributed by atoms with Crippen molar-refractivity contribution >= 4 is 11.8 Å². The highest BCUT2D eigenvalue weighted by atomic mass is 32.2. The molecule has 0 bridgehead atoms. The molecule has 4 heteroatoms. The third kappa shape index (κ3) is 4.03. The highest BCUT2D eigenvalue weighted by molar-refractivity contribution is 7.99. The van der Waals surface area contributed by atoms with Crippen molar-refractivity contribution in [3.05, 3.63) is 17.5 Å². The molecule has 1 N–H and O–H groups in total. The van der Waals surface area contributed by atoms with Crippen molar-refractivity contribution in [1.82, 2.24) is 15.1 Å². The summed E-state index contributed by atoms with van der Waals surface area (Å²) in [5.41, 5.74) is 2.40. The molecule has 1 aromatic rings. The van der Waals surface area contributed by atoms with Crippen molar-refractivity contribution in [3.8, 4) is 0 Å². The van der Waals surface area contributed by atoms with Gasteiger partial charge in [-0.05, 0) is 63.3 Å². The van der Waals surface area contributed by atoms with Crippen LogP contribution in [0.2, 0.25) is 0 Å². The van der Waals surface area contributed by atoms with Gasteiger partial charge in [0.25, 0.3) is 0 Å². The molecule has 17 heavy (non-hydrogen) atoms. The van der Waals surface area contributed by atoms with Gasteiger partial charge in [-0.3, -0.25) is 4.68 Å². The topological polar surface area (TPSA) is 29.9 Å². The van der Waals surface area contributed by atoms with Gasteiger partial charge in [-0.2, -0.15) is 16.9 Å². The molecule has 1 unspecified atom stereocenters. The first kappa shape index (κ1) is 13.0. The third-order valence-corrected chi connectivity index (χ3v) is 4.52. The van der Waals surface area contributed by atoms with Crippen LogP contribution < -0.4 is 5.32 Å². The number of nitrogens with one attached hydrogen (secondary N) is 1. The molecule has 0 spiro atoms. The van der Waals surface area contributed by atoms with E-state index in [1.165, 1.54) is 36.6 Å². The van der Waals surface area contributed by atoms with Gasteiger partial charge in [-0.15, -0.1) is 0 Å². The summed E-state index contributed by atoms with van der Waals surface area (Å²) in [6.45, 7) is 7.53. The van der Waals surface area contributed by atoms with Gasteiger partial charge < -0.3 is 5.32 Å². The quantitative estimate of drug-likeness (QED) is 0.789. The molecule has 96 valence electrons. The number of aromatic nitrogens is 2. The first-order chi connectivity index (χ1) is 8.25. The Bertz CT molecular complexity index is 342. The van der Waals surface area contributed by atoms with E-state index in [1.54, 1.807) is 0 Å². The lowest BCUT2D eigenvalue weighted by Gasteiger charge is -2.10. The summed E-state index contributed by atoms with van der Waals surface area (Å²) in [5, 5.41) is 8.04. The van der Waals surface area contributed by atoms with Crippen LogP contribution in [0.1, 0.15) is 24.2 Å². The Morgan fingerprint density at radius 1 is 1.53 bits per heavy atom. The fourth-order valence-electron chi connectivity index (χ4n) is 2.31. The Morgan fingerprint density at radius 3 is 3.06 bits per heavy atom. The average molecular weight is 253 g/mol. The van der Waals surface area contributed by atoms with E-state index in [4.69, 9.17) is 0 Å². The van der Waals surface area contributed by atoms with Gasteiger partial charge in [-0.1, -0.05) is 0 Å². The fraction of sp³-hybridized carbons (Fsp3) is 0.769. The maximum absolute atomic E-state index is 4.47. The molecule has 0 radical (unpaired) electrons. The zero-order chi connectivity index (χ0) is 12.1. The molecular weight excluding hydrogens is 230 g/mol. The minimum Gasteiger partial charge on any atom is -0.316 e.